The number of ether oxygens (including phenoxy) is 1. The lowest BCUT2D eigenvalue weighted by Gasteiger charge is -2.23. The fourth-order valence-electron chi connectivity index (χ4n) is 4.44. The summed E-state index contributed by atoms with van der Waals surface area (Å²) in [7, 11) is 0. The van der Waals surface area contributed by atoms with E-state index < -0.39 is 24.1 Å². The summed E-state index contributed by atoms with van der Waals surface area (Å²) in [6, 6.07) is 36.9. The zero-order valence-electron chi connectivity index (χ0n) is 23.5. The fraction of sp³-hybridized carbons (Fsp3) is 0.229. The molecule has 2 amide bonds. The normalized spacial score (nSPS) is 12.1. The summed E-state index contributed by atoms with van der Waals surface area (Å²) in [6.07, 6.45) is 0.784. The van der Waals surface area contributed by atoms with E-state index in [1.54, 1.807) is 11.8 Å². The Morgan fingerprint density at radius 2 is 1.07 bits per heavy atom. The van der Waals surface area contributed by atoms with E-state index in [1.165, 1.54) is 5.56 Å². The minimum absolute atomic E-state index is 0.0598. The molecule has 0 radical (unpaired) electrons. The quantitative estimate of drug-likeness (QED) is 0.174. The molecule has 42 heavy (non-hydrogen) atoms. The highest BCUT2D eigenvalue weighted by molar-refractivity contribution is 7.99. The Balaban J connectivity index is 1.41. The van der Waals surface area contributed by atoms with Crippen LogP contribution in [0.2, 0.25) is 0 Å². The molecule has 216 valence electrons. The Kier molecular flexibility index (Phi) is 12.2. The summed E-state index contributed by atoms with van der Waals surface area (Å²) in [5, 5.41) is 5.68. The molecule has 2 atom stereocenters. The zero-order valence-corrected chi connectivity index (χ0v) is 24.3. The van der Waals surface area contributed by atoms with Crippen LogP contribution in [0.25, 0.3) is 0 Å². The van der Waals surface area contributed by atoms with Crippen LogP contribution in [0.5, 0.6) is 0 Å². The van der Waals surface area contributed by atoms with Crippen LogP contribution in [0.1, 0.15) is 22.3 Å². The van der Waals surface area contributed by atoms with Crippen LogP contribution in [0.3, 0.4) is 0 Å². The van der Waals surface area contributed by atoms with Gasteiger partial charge in [-0.25, -0.2) is 4.79 Å². The number of thioether (sulfide) groups is 1. The molecule has 0 spiro atoms. The van der Waals surface area contributed by atoms with Crippen molar-refractivity contribution in [3.05, 3.63) is 144 Å². The van der Waals surface area contributed by atoms with E-state index in [0.29, 0.717) is 6.42 Å². The monoisotopic (exact) mass is 580 g/mol. The van der Waals surface area contributed by atoms with Crippen molar-refractivity contribution >= 4 is 29.5 Å². The number of ketones is 1. The molecule has 4 aromatic rings. The highest BCUT2D eigenvalue weighted by atomic mass is 32.2. The Hall–Kier alpha value is -4.36. The number of alkyl carbamates (subject to hydrolysis) is 1. The van der Waals surface area contributed by atoms with Crippen molar-refractivity contribution in [1.82, 2.24) is 10.6 Å². The van der Waals surface area contributed by atoms with Crippen molar-refractivity contribution in [2.45, 2.75) is 38.0 Å². The number of carbonyl (C=O) groups is 3. The van der Waals surface area contributed by atoms with Crippen LogP contribution in [0.15, 0.2) is 121 Å². The van der Waals surface area contributed by atoms with Crippen molar-refractivity contribution in [3.63, 3.8) is 0 Å². The van der Waals surface area contributed by atoms with E-state index >= 15 is 0 Å². The third-order valence-corrected chi connectivity index (χ3v) is 7.70. The van der Waals surface area contributed by atoms with Gasteiger partial charge in [-0.2, -0.15) is 11.8 Å². The summed E-state index contributed by atoms with van der Waals surface area (Å²) >= 11 is 1.56. The van der Waals surface area contributed by atoms with Gasteiger partial charge in [0.2, 0.25) is 5.91 Å². The van der Waals surface area contributed by atoms with E-state index in [-0.39, 0.29) is 24.6 Å². The van der Waals surface area contributed by atoms with E-state index in [9.17, 15) is 14.4 Å². The molecule has 0 bridgehead atoms. The van der Waals surface area contributed by atoms with Crippen molar-refractivity contribution < 1.29 is 19.1 Å². The summed E-state index contributed by atoms with van der Waals surface area (Å²) in [4.78, 5) is 39.8. The molecule has 0 heterocycles. The number of hydrogen-bond donors (Lipinski definition) is 2. The van der Waals surface area contributed by atoms with Gasteiger partial charge in [-0.05, 0) is 40.8 Å². The molecule has 0 aliphatic rings. The number of benzene rings is 4. The van der Waals surface area contributed by atoms with Gasteiger partial charge >= 0.3 is 6.09 Å². The SMILES string of the molecule is O=C(N[C@@H](Cc1ccccc1)C(=O)N[C@@H](Cc1ccccc1)C(=O)CSCCc1ccccc1)OCc1ccccc1. The van der Waals surface area contributed by atoms with Crippen LogP contribution >= 0.6 is 11.8 Å². The topological polar surface area (TPSA) is 84.5 Å². The average Bonchev–Trinajstić information content (AvgIpc) is 3.03. The van der Waals surface area contributed by atoms with Crippen LogP contribution in [-0.4, -0.2) is 41.4 Å². The van der Waals surface area contributed by atoms with Gasteiger partial charge in [0.25, 0.3) is 0 Å². The van der Waals surface area contributed by atoms with Crippen LogP contribution < -0.4 is 10.6 Å². The smallest absolute Gasteiger partial charge is 0.408 e. The van der Waals surface area contributed by atoms with Gasteiger partial charge in [0.15, 0.2) is 5.78 Å². The number of Topliss-reactive ketones (excluding diaryl/α,β-unsaturated/α-hetero) is 1. The molecule has 0 saturated carbocycles. The van der Waals surface area contributed by atoms with Gasteiger partial charge in [-0.15, -0.1) is 0 Å². The summed E-state index contributed by atoms with van der Waals surface area (Å²) in [5.74, 6) is 0.586. The Bertz CT molecular complexity index is 1390. The van der Waals surface area contributed by atoms with Gasteiger partial charge in [0.05, 0.1) is 11.8 Å². The summed E-state index contributed by atoms with van der Waals surface area (Å²) in [6.45, 7) is 0.0850. The lowest BCUT2D eigenvalue weighted by molar-refractivity contribution is -0.128. The molecule has 0 unspecified atom stereocenters. The number of aryl methyl sites for hydroxylation is 1. The molecular weight excluding hydrogens is 544 g/mol. The molecule has 6 nitrogen and oxygen atoms in total. The maximum absolute atomic E-state index is 13.6. The second-order valence-corrected chi connectivity index (χ2v) is 11.1. The maximum atomic E-state index is 13.6. The summed E-state index contributed by atoms with van der Waals surface area (Å²) < 4.78 is 5.40. The van der Waals surface area contributed by atoms with Gasteiger partial charge in [-0.1, -0.05) is 121 Å². The summed E-state index contributed by atoms with van der Waals surface area (Å²) in [5.41, 5.74) is 3.89. The van der Waals surface area contributed by atoms with Gasteiger partial charge in [0.1, 0.15) is 12.6 Å². The minimum atomic E-state index is -0.924. The first-order valence-corrected chi connectivity index (χ1v) is 15.2. The van der Waals surface area contributed by atoms with Crippen LogP contribution in [-0.2, 0) is 40.2 Å². The highest BCUT2D eigenvalue weighted by Crippen LogP contribution is 2.12. The van der Waals surface area contributed by atoms with Crippen molar-refractivity contribution in [2.24, 2.45) is 0 Å². The van der Waals surface area contributed by atoms with E-state index in [0.717, 1.165) is 28.9 Å². The van der Waals surface area contributed by atoms with Crippen LogP contribution in [0, 0.1) is 0 Å². The molecule has 0 aromatic heterocycles. The molecular formula is C35H36N2O4S. The van der Waals surface area contributed by atoms with Gasteiger partial charge < -0.3 is 15.4 Å². The molecule has 0 aliphatic heterocycles. The number of hydrogen-bond acceptors (Lipinski definition) is 5. The Labute approximate surface area is 251 Å². The molecule has 2 N–H and O–H groups in total. The third kappa shape index (κ3) is 10.6. The highest BCUT2D eigenvalue weighted by Gasteiger charge is 2.27. The third-order valence-electron chi connectivity index (χ3n) is 6.71. The first-order chi connectivity index (χ1) is 20.6. The Morgan fingerprint density at radius 1 is 0.595 bits per heavy atom. The number of nitrogens with one attached hydrogen (secondary N) is 2. The first kappa shape index (κ1) is 30.6. The fourth-order valence-corrected chi connectivity index (χ4v) is 5.37. The van der Waals surface area contributed by atoms with E-state index in [4.69, 9.17) is 4.74 Å². The molecule has 4 aromatic carbocycles. The second-order valence-electron chi connectivity index (χ2n) is 9.95. The van der Waals surface area contributed by atoms with Crippen molar-refractivity contribution in [2.75, 3.05) is 11.5 Å². The lowest BCUT2D eigenvalue weighted by atomic mass is 10.0. The average molecular weight is 581 g/mol. The van der Waals surface area contributed by atoms with Gasteiger partial charge in [-0.3, -0.25) is 9.59 Å². The number of amides is 2. The molecule has 4 rings (SSSR count). The largest absolute Gasteiger partial charge is 0.445 e. The zero-order chi connectivity index (χ0) is 29.4. The number of rotatable bonds is 15. The standard InChI is InChI=1S/C35H36N2O4S/c38-33(26-42-22-21-27-13-5-1-6-14-27)31(23-28-15-7-2-8-16-28)36-34(39)32(24-29-17-9-3-10-18-29)37-35(40)41-25-30-19-11-4-12-20-30/h1-20,31-32H,21-26H2,(H,36,39)(H,37,40)/t31-,32-/m0/s1. The lowest BCUT2D eigenvalue weighted by Crippen LogP contribution is -2.53. The van der Waals surface area contributed by atoms with E-state index in [2.05, 4.69) is 22.8 Å². The minimum Gasteiger partial charge on any atom is -0.445 e. The predicted molar refractivity (Wildman–Crippen MR) is 168 cm³/mol. The number of carbonyl (C=O) groups excluding carboxylic acids is 3. The van der Waals surface area contributed by atoms with Gasteiger partial charge in [0, 0.05) is 6.42 Å². The molecule has 0 fully saturated rings. The molecule has 0 aliphatic carbocycles. The predicted octanol–water partition coefficient (Wildman–Crippen LogP) is 5.80. The van der Waals surface area contributed by atoms with E-state index in [1.807, 2.05) is 109 Å². The Morgan fingerprint density at radius 3 is 1.62 bits per heavy atom. The van der Waals surface area contributed by atoms with Crippen molar-refractivity contribution in [1.29, 1.82) is 0 Å². The maximum Gasteiger partial charge on any atom is 0.408 e. The van der Waals surface area contributed by atoms with Crippen LogP contribution in [0.4, 0.5) is 4.79 Å². The molecule has 0 saturated heterocycles. The van der Waals surface area contributed by atoms with Crippen molar-refractivity contribution in [3.8, 4) is 0 Å². The second kappa shape index (κ2) is 16.8. The molecule has 7 heteroatoms. The first-order valence-electron chi connectivity index (χ1n) is 14.1.